The van der Waals surface area contributed by atoms with Gasteiger partial charge in [-0.05, 0) is 24.5 Å². The number of aliphatic imine (C=N–C) groups is 1. The Morgan fingerprint density at radius 1 is 1.07 bits per heavy atom. The van der Waals surface area contributed by atoms with Crippen molar-refractivity contribution in [2.24, 2.45) is 4.99 Å². The van der Waals surface area contributed by atoms with E-state index in [1.165, 1.54) is 5.56 Å². The highest BCUT2D eigenvalue weighted by molar-refractivity contribution is 5.85. The number of carbonyl (C=O) groups is 1. The van der Waals surface area contributed by atoms with Crippen molar-refractivity contribution in [1.29, 1.82) is 0 Å². The van der Waals surface area contributed by atoms with E-state index in [1.54, 1.807) is 0 Å². The van der Waals surface area contributed by atoms with Crippen LogP contribution in [0.1, 0.15) is 30.4 Å². The fourth-order valence-corrected chi connectivity index (χ4v) is 3.37. The van der Waals surface area contributed by atoms with Crippen molar-refractivity contribution in [3.05, 3.63) is 71.8 Å². The number of hydrogen-bond acceptors (Lipinski definition) is 2. The zero-order valence-corrected chi connectivity index (χ0v) is 15.9. The van der Waals surface area contributed by atoms with E-state index in [9.17, 15) is 4.79 Å². The summed E-state index contributed by atoms with van der Waals surface area (Å²) in [5.41, 5.74) is 2.46. The van der Waals surface area contributed by atoms with Gasteiger partial charge in [0.25, 0.3) is 0 Å². The van der Waals surface area contributed by atoms with E-state index in [2.05, 4.69) is 57.8 Å². The number of nitrogens with one attached hydrogen (secondary N) is 2. The number of amides is 1. The molecular formula is C22H28N4O. The number of benzene rings is 2. The van der Waals surface area contributed by atoms with Crippen LogP contribution in [0.25, 0.3) is 0 Å². The van der Waals surface area contributed by atoms with Crippen molar-refractivity contribution in [2.75, 3.05) is 26.2 Å². The molecule has 0 radical (unpaired) electrons. The molecule has 2 aromatic rings. The van der Waals surface area contributed by atoms with Gasteiger partial charge >= 0.3 is 0 Å². The first-order chi connectivity index (χ1) is 13.3. The summed E-state index contributed by atoms with van der Waals surface area (Å²) in [4.78, 5) is 19.0. The van der Waals surface area contributed by atoms with E-state index >= 15 is 0 Å². The van der Waals surface area contributed by atoms with E-state index in [1.807, 2.05) is 30.3 Å². The second kappa shape index (κ2) is 9.76. The van der Waals surface area contributed by atoms with Crippen LogP contribution in [0.4, 0.5) is 0 Å². The van der Waals surface area contributed by atoms with Gasteiger partial charge in [-0.2, -0.15) is 0 Å². The minimum atomic E-state index is -0.0620. The average molecular weight is 364 g/mol. The number of rotatable bonds is 6. The van der Waals surface area contributed by atoms with Gasteiger partial charge in [0.1, 0.15) is 6.54 Å². The first-order valence-electron chi connectivity index (χ1n) is 9.65. The van der Waals surface area contributed by atoms with Crippen molar-refractivity contribution in [3.8, 4) is 0 Å². The summed E-state index contributed by atoms with van der Waals surface area (Å²) in [5, 5.41) is 6.25. The highest BCUT2D eigenvalue weighted by atomic mass is 16.1. The average Bonchev–Trinajstić information content (AvgIpc) is 3.21. The Bertz CT molecular complexity index is 745. The third-order valence-electron chi connectivity index (χ3n) is 4.80. The molecule has 5 nitrogen and oxygen atoms in total. The van der Waals surface area contributed by atoms with E-state index in [4.69, 9.17) is 0 Å². The van der Waals surface area contributed by atoms with Gasteiger partial charge in [0.05, 0.1) is 0 Å². The van der Waals surface area contributed by atoms with Crippen LogP contribution in [-0.4, -0.2) is 42.9 Å². The van der Waals surface area contributed by atoms with Crippen LogP contribution in [0, 0.1) is 0 Å². The highest BCUT2D eigenvalue weighted by Gasteiger charge is 2.25. The van der Waals surface area contributed by atoms with Crippen LogP contribution in [0.15, 0.2) is 65.7 Å². The summed E-state index contributed by atoms with van der Waals surface area (Å²) < 4.78 is 0. The minimum absolute atomic E-state index is 0.0620. The smallest absolute Gasteiger partial charge is 0.242 e. The van der Waals surface area contributed by atoms with Crippen LogP contribution < -0.4 is 10.6 Å². The van der Waals surface area contributed by atoms with Gasteiger partial charge < -0.3 is 15.5 Å². The van der Waals surface area contributed by atoms with E-state index in [0.717, 1.165) is 37.6 Å². The Hall–Kier alpha value is -2.82. The van der Waals surface area contributed by atoms with Gasteiger partial charge in [0.2, 0.25) is 5.91 Å². The Morgan fingerprint density at radius 2 is 1.78 bits per heavy atom. The number of carbonyl (C=O) groups excluding carboxylic acids is 1. The molecule has 0 bridgehead atoms. The molecule has 5 heteroatoms. The monoisotopic (exact) mass is 364 g/mol. The summed E-state index contributed by atoms with van der Waals surface area (Å²) in [5.74, 6) is 1.28. The number of hydrogen-bond donors (Lipinski definition) is 2. The van der Waals surface area contributed by atoms with Gasteiger partial charge in [0.15, 0.2) is 5.96 Å². The van der Waals surface area contributed by atoms with Crippen molar-refractivity contribution in [2.45, 2.75) is 25.8 Å². The molecule has 1 atom stereocenters. The second-order valence-corrected chi connectivity index (χ2v) is 6.77. The normalized spacial score (nSPS) is 17.0. The molecule has 0 aliphatic carbocycles. The van der Waals surface area contributed by atoms with E-state index < -0.39 is 0 Å². The topological polar surface area (TPSA) is 56.7 Å². The molecule has 1 aliphatic rings. The molecule has 1 amide bonds. The third-order valence-corrected chi connectivity index (χ3v) is 4.80. The molecule has 1 aliphatic heterocycles. The molecular weight excluding hydrogens is 336 g/mol. The number of guanidine groups is 1. The summed E-state index contributed by atoms with van der Waals surface area (Å²) in [6, 6.07) is 20.5. The molecule has 1 unspecified atom stereocenters. The molecule has 1 saturated heterocycles. The van der Waals surface area contributed by atoms with Crippen LogP contribution in [0.2, 0.25) is 0 Å². The van der Waals surface area contributed by atoms with Crippen molar-refractivity contribution < 1.29 is 4.79 Å². The summed E-state index contributed by atoms with van der Waals surface area (Å²) in [6.07, 6.45) is 1.11. The zero-order valence-electron chi connectivity index (χ0n) is 15.9. The summed E-state index contributed by atoms with van der Waals surface area (Å²) in [6.45, 7) is 5.40. The van der Waals surface area contributed by atoms with Crippen molar-refractivity contribution in [1.82, 2.24) is 15.5 Å². The second-order valence-electron chi connectivity index (χ2n) is 6.77. The molecule has 3 rings (SSSR count). The van der Waals surface area contributed by atoms with Gasteiger partial charge in [0, 0.05) is 32.1 Å². The summed E-state index contributed by atoms with van der Waals surface area (Å²) >= 11 is 0. The lowest BCUT2D eigenvalue weighted by Gasteiger charge is -2.21. The molecule has 0 saturated carbocycles. The van der Waals surface area contributed by atoms with Gasteiger partial charge in [-0.1, -0.05) is 60.7 Å². The van der Waals surface area contributed by atoms with Gasteiger partial charge in [-0.25, -0.2) is 4.99 Å². The van der Waals surface area contributed by atoms with Crippen LogP contribution >= 0.6 is 0 Å². The minimum Gasteiger partial charge on any atom is -0.357 e. The van der Waals surface area contributed by atoms with Crippen molar-refractivity contribution >= 4 is 11.9 Å². The standard InChI is InChI=1S/C22H28N4O/c1-2-23-22(25-16-21(27)24-15-18-9-5-3-6-10-18)26-14-13-20(17-26)19-11-7-4-8-12-19/h3-12,20H,2,13-17H2,1H3,(H,23,25)(H,24,27). The highest BCUT2D eigenvalue weighted by Crippen LogP contribution is 2.26. The van der Waals surface area contributed by atoms with E-state index in [-0.39, 0.29) is 12.5 Å². The predicted octanol–water partition coefficient (Wildman–Crippen LogP) is 2.76. The maximum atomic E-state index is 12.2. The molecule has 2 N–H and O–H groups in total. The summed E-state index contributed by atoms with van der Waals surface area (Å²) in [7, 11) is 0. The first-order valence-corrected chi connectivity index (χ1v) is 9.65. The van der Waals surface area contributed by atoms with Crippen molar-refractivity contribution in [3.63, 3.8) is 0 Å². The van der Waals surface area contributed by atoms with Crippen LogP contribution in [-0.2, 0) is 11.3 Å². The molecule has 1 fully saturated rings. The lowest BCUT2D eigenvalue weighted by molar-refractivity contribution is -0.119. The third kappa shape index (κ3) is 5.58. The largest absolute Gasteiger partial charge is 0.357 e. The number of likely N-dealkylation sites (tertiary alicyclic amines) is 1. The Balaban J connectivity index is 1.54. The predicted molar refractivity (Wildman–Crippen MR) is 110 cm³/mol. The Morgan fingerprint density at radius 3 is 2.48 bits per heavy atom. The SMILES string of the molecule is CCNC(=NCC(=O)NCc1ccccc1)N1CCC(c2ccccc2)C1. The molecule has 1 heterocycles. The fraction of sp³-hybridized carbons (Fsp3) is 0.364. The Labute approximate surface area is 161 Å². The van der Waals surface area contributed by atoms with Crippen LogP contribution in [0.3, 0.4) is 0 Å². The van der Waals surface area contributed by atoms with Gasteiger partial charge in [-0.3, -0.25) is 4.79 Å². The maximum absolute atomic E-state index is 12.2. The molecule has 142 valence electrons. The quantitative estimate of drug-likeness (QED) is 0.612. The van der Waals surface area contributed by atoms with Gasteiger partial charge in [-0.15, -0.1) is 0 Å². The number of nitrogens with zero attached hydrogens (tertiary/aromatic N) is 2. The molecule has 0 spiro atoms. The molecule has 27 heavy (non-hydrogen) atoms. The fourth-order valence-electron chi connectivity index (χ4n) is 3.37. The first kappa shape index (κ1) is 19.0. The Kier molecular flexibility index (Phi) is 6.85. The molecule has 2 aromatic carbocycles. The molecule has 0 aromatic heterocycles. The lowest BCUT2D eigenvalue weighted by atomic mass is 9.99. The lowest BCUT2D eigenvalue weighted by Crippen LogP contribution is -2.40. The zero-order chi connectivity index (χ0) is 18.9. The maximum Gasteiger partial charge on any atom is 0.242 e. The van der Waals surface area contributed by atoms with Crippen LogP contribution in [0.5, 0.6) is 0 Å². The van der Waals surface area contributed by atoms with E-state index in [0.29, 0.717) is 12.5 Å².